The number of pyridine rings is 1. The van der Waals surface area contributed by atoms with Crippen LogP contribution in [0.1, 0.15) is 12.5 Å². The predicted octanol–water partition coefficient (Wildman–Crippen LogP) is 2.27. The molecular formula is C15H21N3. The largest absolute Gasteiger partial charge is 0.309 e. The molecule has 0 saturated heterocycles. The van der Waals surface area contributed by atoms with Crippen molar-refractivity contribution in [1.29, 1.82) is 0 Å². The monoisotopic (exact) mass is 243 g/mol. The van der Waals surface area contributed by atoms with Crippen LogP contribution in [0.5, 0.6) is 0 Å². The standard InChI is InChI=1S/C15H21N3/c1-12(11-18(2)3)17-10-14-9-16-8-13-6-4-5-7-15(13)14/h4-9,12,17H,10-11H2,1-3H3. The van der Waals surface area contributed by atoms with Crippen molar-refractivity contribution in [3.63, 3.8) is 0 Å². The number of likely N-dealkylation sites (N-methyl/N-ethyl adjacent to an activating group) is 1. The Balaban J connectivity index is 2.08. The minimum absolute atomic E-state index is 0.471. The lowest BCUT2D eigenvalue weighted by atomic mass is 10.1. The minimum Gasteiger partial charge on any atom is -0.309 e. The average molecular weight is 243 g/mol. The van der Waals surface area contributed by atoms with Crippen LogP contribution in [0.2, 0.25) is 0 Å². The number of nitrogens with zero attached hydrogens (tertiary/aromatic N) is 2. The maximum Gasteiger partial charge on any atom is 0.0346 e. The number of hydrogen-bond donors (Lipinski definition) is 1. The lowest BCUT2D eigenvalue weighted by Crippen LogP contribution is -2.35. The number of rotatable bonds is 5. The average Bonchev–Trinajstić information content (AvgIpc) is 2.35. The van der Waals surface area contributed by atoms with Crippen LogP contribution in [0.25, 0.3) is 10.8 Å². The van der Waals surface area contributed by atoms with Gasteiger partial charge >= 0.3 is 0 Å². The van der Waals surface area contributed by atoms with Gasteiger partial charge in [-0.2, -0.15) is 0 Å². The first kappa shape index (κ1) is 13.0. The Kier molecular flexibility index (Phi) is 4.28. The van der Waals surface area contributed by atoms with Gasteiger partial charge in [-0.15, -0.1) is 0 Å². The van der Waals surface area contributed by atoms with Gasteiger partial charge in [0.1, 0.15) is 0 Å². The lowest BCUT2D eigenvalue weighted by Gasteiger charge is -2.18. The molecule has 0 spiro atoms. The highest BCUT2D eigenvalue weighted by Gasteiger charge is 2.05. The Morgan fingerprint density at radius 2 is 2.00 bits per heavy atom. The molecule has 0 fully saturated rings. The van der Waals surface area contributed by atoms with Crippen molar-refractivity contribution in [3.05, 3.63) is 42.2 Å². The Bertz CT molecular complexity index is 503. The summed E-state index contributed by atoms with van der Waals surface area (Å²) in [7, 11) is 4.19. The Labute approximate surface area is 109 Å². The van der Waals surface area contributed by atoms with Crippen molar-refractivity contribution in [2.75, 3.05) is 20.6 Å². The number of fused-ring (bicyclic) bond motifs is 1. The van der Waals surface area contributed by atoms with E-state index in [9.17, 15) is 0 Å². The molecule has 1 N–H and O–H groups in total. The molecule has 1 unspecified atom stereocenters. The third-order valence-corrected chi connectivity index (χ3v) is 3.03. The zero-order valence-corrected chi connectivity index (χ0v) is 11.4. The molecule has 1 atom stereocenters. The summed E-state index contributed by atoms with van der Waals surface area (Å²) in [6.07, 6.45) is 3.87. The molecular weight excluding hydrogens is 222 g/mol. The van der Waals surface area contributed by atoms with Gasteiger partial charge in [0.25, 0.3) is 0 Å². The van der Waals surface area contributed by atoms with E-state index in [1.54, 1.807) is 0 Å². The Morgan fingerprint density at radius 1 is 1.22 bits per heavy atom. The van der Waals surface area contributed by atoms with Crippen LogP contribution >= 0.6 is 0 Å². The second kappa shape index (κ2) is 5.94. The van der Waals surface area contributed by atoms with Gasteiger partial charge in [0.15, 0.2) is 0 Å². The highest BCUT2D eigenvalue weighted by atomic mass is 15.1. The first-order valence-electron chi connectivity index (χ1n) is 6.36. The summed E-state index contributed by atoms with van der Waals surface area (Å²) in [6, 6.07) is 8.86. The molecule has 0 amide bonds. The van der Waals surface area contributed by atoms with Crippen molar-refractivity contribution < 1.29 is 0 Å². The quantitative estimate of drug-likeness (QED) is 0.873. The molecule has 0 aliphatic rings. The number of benzene rings is 1. The lowest BCUT2D eigenvalue weighted by molar-refractivity contribution is 0.349. The summed E-state index contributed by atoms with van der Waals surface area (Å²) in [5, 5.41) is 6.04. The zero-order valence-electron chi connectivity index (χ0n) is 11.4. The van der Waals surface area contributed by atoms with Crippen LogP contribution in [0, 0.1) is 0 Å². The van der Waals surface area contributed by atoms with Gasteiger partial charge < -0.3 is 10.2 Å². The molecule has 1 aromatic carbocycles. The molecule has 0 saturated carbocycles. The molecule has 1 aromatic heterocycles. The Hall–Kier alpha value is -1.45. The van der Waals surface area contributed by atoms with E-state index in [4.69, 9.17) is 0 Å². The highest BCUT2D eigenvalue weighted by Crippen LogP contribution is 2.16. The van der Waals surface area contributed by atoms with Crippen molar-refractivity contribution in [2.24, 2.45) is 0 Å². The summed E-state index contributed by atoms with van der Waals surface area (Å²) in [4.78, 5) is 6.49. The second-order valence-electron chi connectivity index (χ2n) is 5.06. The van der Waals surface area contributed by atoms with E-state index in [1.807, 2.05) is 12.4 Å². The molecule has 1 heterocycles. The molecule has 0 radical (unpaired) electrons. The fourth-order valence-electron chi connectivity index (χ4n) is 2.22. The van der Waals surface area contributed by atoms with Gasteiger partial charge in [-0.3, -0.25) is 4.98 Å². The van der Waals surface area contributed by atoms with Crippen molar-refractivity contribution >= 4 is 10.8 Å². The van der Waals surface area contributed by atoms with Crippen molar-refractivity contribution in [2.45, 2.75) is 19.5 Å². The highest BCUT2D eigenvalue weighted by molar-refractivity contribution is 5.84. The molecule has 0 aliphatic heterocycles. The molecule has 3 nitrogen and oxygen atoms in total. The fourth-order valence-corrected chi connectivity index (χ4v) is 2.22. The summed E-state index contributed by atoms with van der Waals surface area (Å²) in [5.74, 6) is 0. The van der Waals surface area contributed by atoms with Crippen molar-refractivity contribution in [3.8, 4) is 0 Å². The second-order valence-corrected chi connectivity index (χ2v) is 5.06. The van der Waals surface area contributed by atoms with Gasteiger partial charge in [0, 0.05) is 36.9 Å². The normalized spacial score (nSPS) is 13.1. The summed E-state index contributed by atoms with van der Waals surface area (Å²) >= 11 is 0. The molecule has 0 bridgehead atoms. The number of hydrogen-bond acceptors (Lipinski definition) is 3. The van der Waals surface area contributed by atoms with Gasteiger partial charge in [0.05, 0.1) is 0 Å². The SMILES string of the molecule is CC(CN(C)C)NCc1cncc2ccccc12. The van der Waals surface area contributed by atoms with E-state index in [1.165, 1.54) is 16.3 Å². The smallest absolute Gasteiger partial charge is 0.0346 e. The minimum atomic E-state index is 0.471. The maximum atomic E-state index is 4.30. The van der Waals surface area contributed by atoms with E-state index in [0.717, 1.165) is 13.1 Å². The van der Waals surface area contributed by atoms with Gasteiger partial charge in [-0.05, 0) is 32.0 Å². The topological polar surface area (TPSA) is 28.2 Å². The van der Waals surface area contributed by atoms with Crippen LogP contribution in [0.3, 0.4) is 0 Å². The molecule has 3 heteroatoms. The van der Waals surface area contributed by atoms with E-state index in [0.29, 0.717) is 6.04 Å². The first-order chi connectivity index (χ1) is 8.66. The third kappa shape index (κ3) is 3.28. The molecule has 2 aromatic rings. The van der Waals surface area contributed by atoms with Crippen LogP contribution in [0.4, 0.5) is 0 Å². The number of aromatic nitrogens is 1. The van der Waals surface area contributed by atoms with Gasteiger partial charge in [-0.1, -0.05) is 24.3 Å². The van der Waals surface area contributed by atoms with Crippen LogP contribution in [-0.4, -0.2) is 36.6 Å². The molecule has 2 rings (SSSR count). The summed E-state index contributed by atoms with van der Waals surface area (Å²) in [5.41, 5.74) is 1.26. The summed E-state index contributed by atoms with van der Waals surface area (Å²) < 4.78 is 0. The van der Waals surface area contributed by atoms with Crippen molar-refractivity contribution in [1.82, 2.24) is 15.2 Å². The van der Waals surface area contributed by atoms with Crippen LogP contribution in [-0.2, 0) is 6.54 Å². The van der Waals surface area contributed by atoms with E-state index in [-0.39, 0.29) is 0 Å². The Morgan fingerprint density at radius 3 is 2.78 bits per heavy atom. The third-order valence-electron chi connectivity index (χ3n) is 3.03. The molecule has 0 aliphatic carbocycles. The van der Waals surface area contributed by atoms with E-state index >= 15 is 0 Å². The van der Waals surface area contributed by atoms with Crippen LogP contribution in [0.15, 0.2) is 36.7 Å². The first-order valence-corrected chi connectivity index (χ1v) is 6.36. The fraction of sp³-hybridized carbons (Fsp3) is 0.400. The summed E-state index contributed by atoms with van der Waals surface area (Å²) in [6.45, 7) is 4.11. The van der Waals surface area contributed by atoms with E-state index in [2.05, 4.69) is 60.5 Å². The van der Waals surface area contributed by atoms with Crippen LogP contribution < -0.4 is 5.32 Å². The zero-order chi connectivity index (χ0) is 13.0. The maximum absolute atomic E-state index is 4.30. The molecule has 96 valence electrons. The van der Waals surface area contributed by atoms with Gasteiger partial charge in [0.2, 0.25) is 0 Å². The van der Waals surface area contributed by atoms with Gasteiger partial charge in [-0.25, -0.2) is 0 Å². The number of nitrogens with one attached hydrogen (secondary N) is 1. The molecule has 18 heavy (non-hydrogen) atoms. The van der Waals surface area contributed by atoms with E-state index < -0.39 is 0 Å². The predicted molar refractivity (Wildman–Crippen MR) is 76.6 cm³/mol.